The van der Waals surface area contributed by atoms with Crippen LogP contribution in [0.5, 0.6) is 0 Å². The van der Waals surface area contributed by atoms with E-state index in [1.165, 1.54) is 11.3 Å². The Balaban J connectivity index is 2.06. The van der Waals surface area contributed by atoms with Gasteiger partial charge in [-0.05, 0) is 19.4 Å². The Bertz CT molecular complexity index is 566. The van der Waals surface area contributed by atoms with Crippen molar-refractivity contribution in [2.45, 2.75) is 32.9 Å². The second-order valence-corrected chi connectivity index (χ2v) is 5.84. The lowest BCUT2D eigenvalue weighted by Crippen LogP contribution is -2.37. The van der Waals surface area contributed by atoms with Crippen molar-refractivity contribution >= 4 is 22.4 Å². The average Bonchev–Trinajstić information content (AvgIpc) is 2.82. The van der Waals surface area contributed by atoms with Crippen molar-refractivity contribution in [3.05, 3.63) is 47.0 Å². The molecule has 1 amide bonds. The molecule has 1 aromatic carbocycles. The fourth-order valence-corrected chi connectivity index (χ4v) is 2.56. The molecule has 0 aliphatic heterocycles. The molecule has 2 N–H and O–H groups in total. The van der Waals surface area contributed by atoms with Gasteiger partial charge in [-0.15, -0.1) is 11.3 Å². The molecule has 106 valence electrons. The second-order valence-electron chi connectivity index (χ2n) is 4.95. The summed E-state index contributed by atoms with van der Waals surface area (Å²) in [5.41, 5.74) is 7.47. The third kappa shape index (κ3) is 3.81. The maximum absolute atomic E-state index is 12.4. The summed E-state index contributed by atoms with van der Waals surface area (Å²) >= 11 is 1.37. The number of amides is 1. The SMILES string of the molecule is CC(C)N(Cc1ccccc1)C(=O)Cc1csc(N)n1. The molecule has 0 atom stereocenters. The highest BCUT2D eigenvalue weighted by Crippen LogP contribution is 2.15. The summed E-state index contributed by atoms with van der Waals surface area (Å²) in [5.74, 6) is 0.0779. The largest absolute Gasteiger partial charge is 0.375 e. The van der Waals surface area contributed by atoms with Crippen molar-refractivity contribution in [2.24, 2.45) is 0 Å². The van der Waals surface area contributed by atoms with Gasteiger partial charge in [-0.2, -0.15) is 0 Å². The minimum Gasteiger partial charge on any atom is -0.375 e. The highest BCUT2D eigenvalue weighted by molar-refractivity contribution is 7.13. The van der Waals surface area contributed by atoms with Crippen molar-refractivity contribution in [3.63, 3.8) is 0 Å². The number of carbonyl (C=O) groups excluding carboxylic acids is 1. The topological polar surface area (TPSA) is 59.2 Å². The van der Waals surface area contributed by atoms with Crippen molar-refractivity contribution in [2.75, 3.05) is 5.73 Å². The highest BCUT2D eigenvalue weighted by Gasteiger charge is 2.18. The number of nitrogens with zero attached hydrogens (tertiary/aromatic N) is 2. The standard InChI is InChI=1S/C15H19N3OS/c1-11(2)18(9-12-6-4-3-5-7-12)14(19)8-13-10-20-15(16)17-13/h3-7,10-11H,8-9H2,1-2H3,(H2,16,17). The third-order valence-electron chi connectivity index (χ3n) is 3.04. The number of aromatic nitrogens is 1. The van der Waals surface area contributed by atoms with Crippen LogP contribution in [-0.2, 0) is 17.8 Å². The minimum atomic E-state index is 0.0779. The third-order valence-corrected chi connectivity index (χ3v) is 3.76. The van der Waals surface area contributed by atoms with Crippen molar-refractivity contribution in [1.82, 2.24) is 9.88 Å². The highest BCUT2D eigenvalue weighted by atomic mass is 32.1. The lowest BCUT2D eigenvalue weighted by Gasteiger charge is -2.26. The Labute approximate surface area is 123 Å². The van der Waals surface area contributed by atoms with Gasteiger partial charge in [-0.25, -0.2) is 4.98 Å². The van der Waals surface area contributed by atoms with Crippen LogP contribution in [0.2, 0.25) is 0 Å². The van der Waals surface area contributed by atoms with E-state index in [9.17, 15) is 4.79 Å². The molecule has 0 saturated carbocycles. The first kappa shape index (κ1) is 14.5. The Hall–Kier alpha value is -1.88. The van der Waals surface area contributed by atoms with E-state index in [-0.39, 0.29) is 11.9 Å². The van der Waals surface area contributed by atoms with Gasteiger partial charge in [-0.1, -0.05) is 30.3 Å². The molecule has 0 aliphatic carbocycles. The smallest absolute Gasteiger partial charge is 0.229 e. The molecule has 20 heavy (non-hydrogen) atoms. The Kier molecular flexibility index (Phi) is 4.74. The summed E-state index contributed by atoms with van der Waals surface area (Å²) in [7, 11) is 0. The summed E-state index contributed by atoms with van der Waals surface area (Å²) in [6.07, 6.45) is 0.304. The van der Waals surface area contributed by atoms with Crippen molar-refractivity contribution in [1.29, 1.82) is 0 Å². The number of hydrogen-bond donors (Lipinski definition) is 1. The number of anilines is 1. The number of hydrogen-bond acceptors (Lipinski definition) is 4. The van der Waals surface area contributed by atoms with Gasteiger partial charge in [0, 0.05) is 18.0 Å². The van der Waals surface area contributed by atoms with E-state index in [0.29, 0.717) is 18.1 Å². The number of nitrogens with two attached hydrogens (primary N) is 1. The minimum absolute atomic E-state index is 0.0779. The fraction of sp³-hybridized carbons (Fsp3) is 0.333. The quantitative estimate of drug-likeness (QED) is 0.920. The van der Waals surface area contributed by atoms with Crippen molar-refractivity contribution in [3.8, 4) is 0 Å². The van der Waals surface area contributed by atoms with Crippen LogP contribution >= 0.6 is 11.3 Å². The first-order valence-corrected chi connectivity index (χ1v) is 7.47. The van der Waals surface area contributed by atoms with Gasteiger partial charge in [0.1, 0.15) is 0 Å². The predicted octanol–water partition coefficient (Wildman–Crippen LogP) is 2.71. The molecule has 2 aromatic rings. The molecule has 2 rings (SSSR count). The van der Waals surface area contributed by atoms with Crippen LogP contribution in [0.1, 0.15) is 25.1 Å². The van der Waals surface area contributed by atoms with E-state index < -0.39 is 0 Å². The maximum Gasteiger partial charge on any atom is 0.229 e. The molecular weight excluding hydrogens is 270 g/mol. The summed E-state index contributed by atoms with van der Waals surface area (Å²) in [6.45, 7) is 4.67. The zero-order valence-electron chi connectivity index (χ0n) is 11.7. The molecule has 0 aliphatic rings. The van der Waals surface area contributed by atoms with Crippen LogP contribution in [-0.4, -0.2) is 21.8 Å². The van der Waals surface area contributed by atoms with Crippen LogP contribution in [0.4, 0.5) is 5.13 Å². The molecule has 4 nitrogen and oxygen atoms in total. The second kappa shape index (κ2) is 6.52. The van der Waals surface area contributed by atoms with Crippen LogP contribution in [0.25, 0.3) is 0 Å². The summed E-state index contributed by atoms with van der Waals surface area (Å²) in [4.78, 5) is 18.4. The number of rotatable bonds is 5. The molecule has 0 bridgehead atoms. The Morgan fingerprint density at radius 1 is 1.35 bits per heavy atom. The van der Waals surface area contributed by atoms with E-state index in [1.807, 2.05) is 54.5 Å². The van der Waals surface area contributed by atoms with Gasteiger partial charge in [-0.3, -0.25) is 4.79 Å². The first-order valence-electron chi connectivity index (χ1n) is 6.59. The monoisotopic (exact) mass is 289 g/mol. The molecule has 0 unspecified atom stereocenters. The van der Waals surface area contributed by atoms with Gasteiger partial charge in [0.05, 0.1) is 12.1 Å². The average molecular weight is 289 g/mol. The lowest BCUT2D eigenvalue weighted by atomic mass is 10.1. The molecule has 1 aromatic heterocycles. The number of nitrogen functional groups attached to an aromatic ring is 1. The molecular formula is C15H19N3OS. The number of thiazole rings is 1. The zero-order chi connectivity index (χ0) is 14.5. The molecule has 0 saturated heterocycles. The lowest BCUT2D eigenvalue weighted by molar-refractivity contribution is -0.132. The molecule has 0 spiro atoms. The maximum atomic E-state index is 12.4. The number of carbonyl (C=O) groups is 1. The van der Waals surface area contributed by atoms with Gasteiger partial charge in [0.2, 0.25) is 5.91 Å². The molecule has 0 fully saturated rings. The number of benzene rings is 1. The Morgan fingerprint density at radius 2 is 2.05 bits per heavy atom. The van der Waals surface area contributed by atoms with E-state index in [2.05, 4.69) is 4.98 Å². The van der Waals surface area contributed by atoms with E-state index in [0.717, 1.165) is 11.3 Å². The van der Waals surface area contributed by atoms with Crippen LogP contribution < -0.4 is 5.73 Å². The molecule has 5 heteroatoms. The summed E-state index contributed by atoms with van der Waals surface area (Å²) in [6, 6.07) is 10.2. The van der Waals surface area contributed by atoms with E-state index in [1.54, 1.807) is 0 Å². The molecule has 0 radical (unpaired) electrons. The van der Waals surface area contributed by atoms with E-state index in [4.69, 9.17) is 5.73 Å². The molecule has 1 heterocycles. The Morgan fingerprint density at radius 3 is 2.60 bits per heavy atom. The van der Waals surface area contributed by atoms with Crippen LogP contribution in [0.15, 0.2) is 35.7 Å². The van der Waals surface area contributed by atoms with Gasteiger partial charge >= 0.3 is 0 Å². The first-order chi connectivity index (χ1) is 9.56. The fourth-order valence-electron chi connectivity index (χ4n) is 2.00. The normalized spacial score (nSPS) is 10.8. The summed E-state index contributed by atoms with van der Waals surface area (Å²) in [5, 5.41) is 2.35. The van der Waals surface area contributed by atoms with Crippen molar-refractivity contribution < 1.29 is 4.79 Å². The van der Waals surface area contributed by atoms with Gasteiger partial charge in [0.25, 0.3) is 0 Å². The van der Waals surface area contributed by atoms with E-state index >= 15 is 0 Å². The van der Waals surface area contributed by atoms with Gasteiger partial charge in [0.15, 0.2) is 5.13 Å². The van der Waals surface area contributed by atoms with Gasteiger partial charge < -0.3 is 10.6 Å². The summed E-state index contributed by atoms with van der Waals surface area (Å²) < 4.78 is 0. The van der Waals surface area contributed by atoms with Crippen LogP contribution in [0, 0.1) is 0 Å². The predicted molar refractivity (Wildman–Crippen MR) is 82.4 cm³/mol. The zero-order valence-corrected chi connectivity index (χ0v) is 12.6. The van der Waals surface area contributed by atoms with Crippen LogP contribution in [0.3, 0.4) is 0 Å².